The molecule has 3 heteroatoms. The van der Waals surface area contributed by atoms with Gasteiger partial charge in [0.1, 0.15) is 0 Å². The second-order valence-corrected chi connectivity index (χ2v) is 3.37. The highest BCUT2D eigenvalue weighted by Gasteiger charge is 2.06. The van der Waals surface area contributed by atoms with Gasteiger partial charge in [-0.15, -0.1) is 0 Å². The van der Waals surface area contributed by atoms with Crippen molar-refractivity contribution in [2.45, 2.75) is 0 Å². The molecule has 1 aliphatic heterocycles. The summed E-state index contributed by atoms with van der Waals surface area (Å²) < 4.78 is 12.6. The molecule has 0 aromatic carbocycles. The Bertz CT molecular complexity index is 132. The Hall–Kier alpha value is -0.150. The van der Waals surface area contributed by atoms with Crippen molar-refractivity contribution in [1.82, 2.24) is 4.31 Å². The van der Waals surface area contributed by atoms with Crippen LogP contribution in [0.5, 0.6) is 0 Å². The van der Waals surface area contributed by atoms with E-state index < -0.39 is 11.0 Å². The van der Waals surface area contributed by atoms with Crippen LogP contribution in [0.3, 0.4) is 0 Å². The van der Waals surface area contributed by atoms with Crippen molar-refractivity contribution >= 4 is 11.0 Å². The van der Waals surface area contributed by atoms with E-state index in [1.807, 2.05) is 23.5 Å². The molecule has 1 rings (SSSR count). The molecule has 46 valence electrons. The third-order valence-corrected chi connectivity index (χ3v) is 2.44. The van der Waals surface area contributed by atoms with Crippen LogP contribution in [0.2, 0.25) is 0 Å². The maximum absolute atomic E-state index is 10.8. The van der Waals surface area contributed by atoms with Gasteiger partial charge in [0.25, 0.3) is 0 Å². The summed E-state index contributed by atoms with van der Waals surface area (Å²) in [6.45, 7) is 0.826. The summed E-state index contributed by atoms with van der Waals surface area (Å²) in [6, 6.07) is 0. The molecular weight excluding hydrogens is 122 g/mol. The molecule has 0 spiro atoms. The fourth-order valence-corrected chi connectivity index (χ4v) is 1.39. The summed E-state index contributed by atoms with van der Waals surface area (Å²) in [7, 11) is 1.12. The predicted octanol–water partition coefficient (Wildman–Crippen LogP) is 0.152. The third-order valence-electron chi connectivity index (χ3n) is 1.12. The van der Waals surface area contributed by atoms with E-state index in [9.17, 15) is 4.21 Å². The average Bonchev–Trinajstić information content (AvgIpc) is 1.77. The number of nitrogens with zero attached hydrogens (tertiary/aromatic N) is 1. The van der Waals surface area contributed by atoms with Crippen molar-refractivity contribution < 1.29 is 4.21 Å². The quantitative estimate of drug-likeness (QED) is 0.429. The van der Waals surface area contributed by atoms with Gasteiger partial charge in [-0.1, -0.05) is 12.2 Å². The van der Waals surface area contributed by atoms with Gasteiger partial charge in [0.15, 0.2) is 0 Å². The van der Waals surface area contributed by atoms with Gasteiger partial charge in [-0.25, -0.2) is 8.51 Å². The molecule has 0 radical (unpaired) electrons. The maximum Gasteiger partial charge on any atom is 0.0981 e. The summed E-state index contributed by atoms with van der Waals surface area (Å²) in [6.07, 6.45) is 3.98. The van der Waals surface area contributed by atoms with Crippen LogP contribution in [-0.4, -0.2) is 27.9 Å². The van der Waals surface area contributed by atoms with E-state index in [0.717, 1.165) is 6.54 Å². The Morgan fingerprint density at radius 2 is 2.38 bits per heavy atom. The fourth-order valence-electron chi connectivity index (χ4n) is 0.584. The van der Waals surface area contributed by atoms with E-state index in [-0.39, 0.29) is 0 Å². The Kier molecular flexibility index (Phi) is 1.81. The highest BCUT2D eigenvalue weighted by Crippen LogP contribution is 1.97. The number of likely N-dealkylation sites (N-methyl/N-ethyl adjacent to an activating group) is 1. The Labute approximate surface area is 51.8 Å². The first-order valence-electron chi connectivity index (χ1n) is 2.55. The first-order valence-corrected chi connectivity index (χ1v) is 3.83. The Morgan fingerprint density at radius 3 is 2.75 bits per heavy atom. The van der Waals surface area contributed by atoms with Crippen molar-refractivity contribution in [3.8, 4) is 0 Å². The Balaban J connectivity index is 2.57. The predicted molar refractivity (Wildman–Crippen MR) is 34.8 cm³/mol. The maximum atomic E-state index is 10.8. The molecular formula is C5H9NOS. The lowest BCUT2D eigenvalue weighted by molar-refractivity contribution is 0.565. The SMILES string of the molecule is CN1CC=CCS1=O. The van der Waals surface area contributed by atoms with Crippen LogP contribution in [-0.2, 0) is 11.0 Å². The fraction of sp³-hybridized carbons (Fsp3) is 0.600. The van der Waals surface area contributed by atoms with E-state index in [1.165, 1.54) is 0 Å². The van der Waals surface area contributed by atoms with Crippen molar-refractivity contribution in [2.75, 3.05) is 19.3 Å². The summed E-state index contributed by atoms with van der Waals surface area (Å²) >= 11 is 0. The zero-order valence-corrected chi connectivity index (χ0v) is 5.65. The topological polar surface area (TPSA) is 20.3 Å². The Morgan fingerprint density at radius 1 is 1.62 bits per heavy atom. The van der Waals surface area contributed by atoms with Gasteiger partial charge in [0.2, 0.25) is 0 Å². The largest absolute Gasteiger partial charge is 0.242 e. The van der Waals surface area contributed by atoms with Gasteiger partial charge < -0.3 is 0 Å². The van der Waals surface area contributed by atoms with Crippen molar-refractivity contribution in [2.24, 2.45) is 0 Å². The number of rotatable bonds is 0. The van der Waals surface area contributed by atoms with Crippen LogP contribution >= 0.6 is 0 Å². The zero-order chi connectivity index (χ0) is 5.98. The van der Waals surface area contributed by atoms with Gasteiger partial charge in [0.05, 0.1) is 16.7 Å². The number of hydrogen-bond acceptors (Lipinski definition) is 1. The molecule has 8 heavy (non-hydrogen) atoms. The van der Waals surface area contributed by atoms with E-state index in [1.54, 1.807) is 0 Å². The number of hydrogen-bond donors (Lipinski definition) is 0. The van der Waals surface area contributed by atoms with Crippen LogP contribution < -0.4 is 0 Å². The van der Waals surface area contributed by atoms with E-state index >= 15 is 0 Å². The normalized spacial score (nSPS) is 30.9. The van der Waals surface area contributed by atoms with Crippen LogP contribution in [0.15, 0.2) is 12.2 Å². The standard InChI is InChI=1S/C5H9NOS/c1-6-4-2-3-5-8(6)7/h2-3H,4-5H2,1H3. The zero-order valence-electron chi connectivity index (χ0n) is 4.83. The third kappa shape index (κ3) is 1.17. The molecule has 0 aromatic heterocycles. The summed E-state index contributed by atoms with van der Waals surface area (Å²) in [5.74, 6) is 0.691. The molecule has 0 saturated heterocycles. The van der Waals surface area contributed by atoms with Crippen molar-refractivity contribution in [1.29, 1.82) is 0 Å². The van der Waals surface area contributed by atoms with Crippen molar-refractivity contribution in [3.63, 3.8) is 0 Å². The second-order valence-electron chi connectivity index (χ2n) is 1.77. The molecule has 2 nitrogen and oxygen atoms in total. The van der Waals surface area contributed by atoms with Gasteiger partial charge in [-0.05, 0) is 0 Å². The molecule has 1 unspecified atom stereocenters. The van der Waals surface area contributed by atoms with Crippen LogP contribution in [0.4, 0.5) is 0 Å². The molecule has 1 atom stereocenters. The van der Waals surface area contributed by atoms with Gasteiger partial charge >= 0.3 is 0 Å². The van der Waals surface area contributed by atoms with E-state index in [4.69, 9.17) is 0 Å². The van der Waals surface area contributed by atoms with Crippen LogP contribution in [0, 0.1) is 0 Å². The van der Waals surface area contributed by atoms with Crippen molar-refractivity contribution in [3.05, 3.63) is 12.2 Å². The van der Waals surface area contributed by atoms with E-state index in [2.05, 4.69) is 0 Å². The molecule has 0 fully saturated rings. The van der Waals surface area contributed by atoms with Gasteiger partial charge in [0, 0.05) is 13.6 Å². The molecule has 0 aliphatic carbocycles. The molecule has 0 bridgehead atoms. The lowest BCUT2D eigenvalue weighted by atomic mass is 10.5. The first kappa shape index (κ1) is 5.98. The first-order chi connectivity index (χ1) is 3.80. The smallest absolute Gasteiger partial charge is 0.0981 e. The van der Waals surface area contributed by atoms with Gasteiger partial charge in [-0.3, -0.25) is 0 Å². The summed E-state index contributed by atoms with van der Waals surface area (Å²) in [5, 5.41) is 0. The minimum atomic E-state index is -0.738. The minimum absolute atomic E-state index is 0.691. The molecule has 0 N–H and O–H groups in total. The average molecular weight is 131 g/mol. The second kappa shape index (κ2) is 2.42. The molecule has 0 saturated carbocycles. The van der Waals surface area contributed by atoms with Crippen LogP contribution in [0.1, 0.15) is 0 Å². The molecule has 1 heterocycles. The monoisotopic (exact) mass is 131 g/mol. The lowest BCUT2D eigenvalue weighted by Gasteiger charge is -2.15. The van der Waals surface area contributed by atoms with Gasteiger partial charge in [-0.2, -0.15) is 0 Å². The summed E-state index contributed by atoms with van der Waals surface area (Å²) in [4.78, 5) is 0. The van der Waals surface area contributed by atoms with Crippen LogP contribution in [0.25, 0.3) is 0 Å². The summed E-state index contributed by atoms with van der Waals surface area (Å²) in [5.41, 5.74) is 0. The molecule has 0 aromatic rings. The molecule has 1 aliphatic rings. The minimum Gasteiger partial charge on any atom is -0.242 e. The molecule has 0 amide bonds. The lowest BCUT2D eigenvalue weighted by Crippen LogP contribution is -2.25. The highest BCUT2D eigenvalue weighted by molar-refractivity contribution is 7.82. The highest BCUT2D eigenvalue weighted by atomic mass is 32.2. The van der Waals surface area contributed by atoms with E-state index in [0.29, 0.717) is 5.75 Å².